The number of nitrogens with zero attached hydrogens (tertiary/aromatic N) is 2. The highest BCUT2D eigenvalue weighted by molar-refractivity contribution is 7.80. The third-order valence-electron chi connectivity index (χ3n) is 3.08. The first-order valence-corrected chi connectivity index (χ1v) is 6.85. The molecule has 2 aromatic heterocycles. The van der Waals surface area contributed by atoms with Crippen LogP contribution in [0.4, 0.5) is 5.69 Å². The zero-order valence-corrected chi connectivity index (χ0v) is 12.7. The molecule has 2 aromatic rings. The van der Waals surface area contributed by atoms with Gasteiger partial charge in [-0.05, 0) is 39.0 Å². The number of thiocarbonyl (C=S) groups is 1. The second kappa shape index (κ2) is 5.96. The Labute approximate surface area is 124 Å². The maximum Gasteiger partial charge on any atom is 0.107 e. The molecular weight excluding hydrogens is 268 g/mol. The lowest BCUT2D eigenvalue weighted by Crippen LogP contribution is -2.18. The highest BCUT2D eigenvalue weighted by Gasteiger charge is 2.14. The fraction of sp³-hybridized carbons (Fsp3) is 0.267. The van der Waals surface area contributed by atoms with Crippen LogP contribution >= 0.6 is 12.2 Å². The fourth-order valence-electron chi connectivity index (χ4n) is 2.19. The summed E-state index contributed by atoms with van der Waals surface area (Å²) >= 11 is 5.13. The van der Waals surface area contributed by atoms with Gasteiger partial charge in [0.15, 0.2) is 0 Å². The number of nitrogens with two attached hydrogens (primary N) is 1. The Morgan fingerprint density at radius 3 is 2.70 bits per heavy atom. The van der Waals surface area contributed by atoms with Gasteiger partial charge in [-0.15, -0.1) is 0 Å². The molecule has 0 aliphatic carbocycles. The van der Waals surface area contributed by atoms with Gasteiger partial charge < -0.3 is 11.1 Å². The van der Waals surface area contributed by atoms with Gasteiger partial charge in [-0.3, -0.25) is 9.97 Å². The van der Waals surface area contributed by atoms with Crippen molar-refractivity contribution in [1.82, 2.24) is 9.97 Å². The van der Waals surface area contributed by atoms with Crippen molar-refractivity contribution in [2.24, 2.45) is 5.73 Å². The molecule has 20 heavy (non-hydrogen) atoms. The molecule has 3 N–H and O–H groups in total. The first-order valence-electron chi connectivity index (χ1n) is 6.44. The number of hydrogen-bond donors (Lipinski definition) is 2. The SMILES string of the molecule is Cc1cc(NC(C)c2ccccn2)c(C(N)=S)c(C)n1. The molecule has 2 heterocycles. The van der Waals surface area contributed by atoms with Gasteiger partial charge >= 0.3 is 0 Å². The van der Waals surface area contributed by atoms with Crippen LogP contribution in [0.1, 0.15) is 35.6 Å². The summed E-state index contributed by atoms with van der Waals surface area (Å²) in [6.45, 7) is 5.92. The number of rotatable bonds is 4. The maximum atomic E-state index is 5.82. The number of nitrogens with one attached hydrogen (secondary N) is 1. The lowest BCUT2D eigenvalue weighted by atomic mass is 10.1. The Kier molecular flexibility index (Phi) is 4.29. The van der Waals surface area contributed by atoms with Crippen LogP contribution in [0.2, 0.25) is 0 Å². The van der Waals surface area contributed by atoms with E-state index in [9.17, 15) is 0 Å². The summed E-state index contributed by atoms with van der Waals surface area (Å²) in [5.74, 6) is 0. The van der Waals surface area contributed by atoms with Crippen LogP contribution in [-0.2, 0) is 0 Å². The predicted molar refractivity (Wildman–Crippen MR) is 85.9 cm³/mol. The highest BCUT2D eigenvalue weighted by atomic mass is 32.1. The average Bonchev–Trinajstić information content (AvgIpc) is 2.38. The van der Waals surface area contributed by atoms with Crippen molar-refractivity contribution in [1.29, 1.82) is 0 Å². The Balaban J connectivity index is 2.36. The maximum absolute atomic E-state index is 5.82. The van der Waals surface area contributed by atoms with E-state index in [0.717, 1.165) is 28.3 Å². The normalized spacial score (nSPS) is 11.9. The number of aryl methyl sites for hydroxylation is 2. The van der Waals surface area contributed by atoms with Gasteiger partial charge in [0.05, 0.1) is 17.3 Å². The monoisotopic (exact) mass is 286 g/mol. The molecule has 0 spiro atoms. The highest BCUT2D eigenvalue weighted by Crippen LogP contribution is 2.24. The molecule has 0 bridgehead atoms. The van der Waals surface area contributed by atoms with E-state index in [1.54, 1.807) is 6.20 Å². The average molecular weight is 286 g/mol. The predicted octanol–water partition coefficient (Wildman–Crippen LogP) is 2.90. The quantitative estimate of drug-likeness (QED) is 0.846. The van der Waals surface area contributed by atoms with Crippen LogP contribution in [0, 0.1) is 13.8 Å². The minimum atomic E-state index is 0.0606. The first-order chi connectivity index (χ1) is 9.49. The molecular formula is C15H18N4S. The molecule has 0 saturated carbocycles. The number of pyridine rings is 2. The van der Waals surface area contributed by atoms with Crippen LogP contribution in [0.5, 0.6) is 0 Å². The van der Waals surface area contributed by atoms with Gasteiger partial charge in [0, 0.05) is 23.3 Å². The Bertz CT molecular complexity index is 625. The van der Waals surface area contributed by atoms with Crippen LogP contribution in [-0.4, -0.2) is 15.0 Å². The summed E-state index contributed by atoms with van der Waals surface area (Å²) in [6.07, 6.45) is 1.78. The molecule has 0 saturated heterocycles. The second-order valence-corrected chi connectivity index (χ2v) is 5.20. The van der Waals surface area contributed by atoms with Crippen molar-refractivity contribution >= 4 is 22.9 Å². The third-order valence-corrected chi connectivity index (χ3v) is 3.28. The van der Waals surface area contributed by atoms with E-state index in [1.807, 2.05) is 38.1 Å². The van der Waals surface area contributed by atoms with Gasteiger partial charge in [0.2, 0.25) is 0 Å². The van der Waals surface area contributed by atoms with Gasteiger partial charge in [-0.2, -0.15) is 0 Å². The second-order valence-electron chi connectivity index (χ2n) is 4.76. The molecule has 2 rings (SSSR count). The Morgan fingerprint density at radius 1 is 1.35 bits per heavy atom. The van der Waals surface area contributed by atoms with Crippen molar-refractivity contribution < 1.29 is 0 Å². The molecule has 5 heteroatoms. The molecule has 0 amide bonds. The van der Waals surface area contributed by atoms with E-state index < -0.39 is 0 Å². The fourth-order valence-corrected chi connectivity index (χ4v) is 2.45. The smallest absolute Gasteiger partial charge is 0.107 e. The summed E-state index contributed by atoms with van der Waals surface area (Å²) in [4.78, 5) is 9.12. The van der Waals surface area contributed by atoms with Crippen LogP contribution in [0.3, 0.4) is 0 Å². The van der Waals surface area contributed by atoms with Crippen molar-refractivity contribution in [3.8, 4) is 0 Å². The van der Waals surface area contributed by atoms with Gasteiger partial charge in [-0.1, -0.05) is 18.3 Å². The summed E-state index contributed by atoms with van der Waals surface area (Å²) in [6, 6.07) is 7.88. The first kappa shape index (κ1) is 14.4. The Morgan fingerprint density at radius 2 is 2.10 bits per heavy atom. The van der Waals surface area contributed by atoms with Gasteiger partial charge in [-0.25, -0.2) is 0 Å². The van der Waals surface area contributed by atoms with E-state index in [2.05, 4.69) is 22.2 Å². The van der Waals surface area contributed by atoms with Crippen LogP contribution in [0.15, 0.2) is 30.5 Å². The molecule has 0 aromatic carbocycles. The number of aromatic nitrogens is 2. The van der Waals surface area contributed by atoms with Gasteiger partial charge in [0.1, 0.15) is 4.99 Å². The topological polar surface area (TPSA) is 63.8 Å². The van der Waals surface area contributed by atoms with Crippen LogP contribution in [0.25, 0.3) is 0 Å². The molecule has 1 atom stereocenters. The van der Waals surface area contributed by atoms with Gasteiger partial charge in [0.25, 0.3) is 0 Å². The summed E-state index contributed by atoms with van der Waals surface area (Å²) in [5.41, 5.74) is 10.3. The van der Waals surface area contributed by atoms with Crippen molar-refractivity contribution in [3.63, 3.8) is 0 Å². The van der Waals surface area contributed by atoms with Crippen molar-refractivity contribution in [3.05, 3.63) is 53.1 Å². The zero-order valence-electron chi connectivity index (χ0n) is 11.8. The van der Waals surface area contributed by atoms with Crippen LogP contribution < -0.4 is 11.1 Å². The minimum Gasteiger partial charge on any atom is -0.389 e. The minimum absolute atomic E-state index is 0.0606. The van der Waals surface area contributed by atoms with E-state index >= 15 is 0 Å². The van der Waals surface area contributed by atoms with E-state index in [4.69, 9.17) is 18.0 Å². The summed E-state index contributed by atoms with van der Waals surface area (Å²) in [7, 11) is 0. The van der Waals surface area contributed by atoms with E-state index in [1.165, 1.54) is 0 Å². The number of hydrogen-bond acceptors (Lipinski definition) is 4. The van der Waals surface area contributed by atoms with Crippen molar-refractivity contribution in [2.75, 3.05) is 5.32 Å². The number of anilines is 1. The third kappa shape index (κ3) is 3.11. The largest absolute Gasteiger partial charge is 0.389 e. The molecule has 0 fully saturated rings. The molecule has 0 radical (unpaired) electrons. The molecule has 4 nitrogen and oxygen atoms in total. The Hall–Kier alpha value is -2.01. The summed E-state index contributed by atoms with van der Waals surface area (Å²) < 4.78 is 0. The lowest BCUT2D eigenvalue weighted by molar-refractivity contribution is 0.837. The van der Waals surface area contributed by atoms with Crippen molar-refractivity contribution in [2.45, 2.75) is 26.8 Å². The zero-order chi connectivity index (χ0) is 14.7. The lowest BCUT2D eigenvalue weighted by Gasteiger charge is -2.19. The van der Waals surface area contributed by atoms with E-state index in [0.29, 0.717) is 4.99 Å². The molecule has 1 unspecified atom stereocenters. The molecule has 104 valence electrons. The molecule has 0 aliphatic heterocycles. The molecule has 0 aliphatic rings. The van der Waals surface area contributed by atoms with E-state index in [-0.39, 0.29) is 6.04 Å². The summed E-state index contributed by atoms with van der Waals surface area (Å²) in [5, 5.41) is 3.42. The standard InChI is InChI=1S/C15H18N4S/c1-9-8-13(14(15(16)20)11(3)18-9)19-10(2)12-6-4-5-7-17-12/h4-8,10H,1-3H3,(H2,16,20)(H,18,19).